The van der Waals surface area contributed by atoms with Crippen LogP contribution >= 0.6 is 0 Å². The Kier molecular flexibility index (Phi) is 9.71. The van der Waals surface area contributed by atoms with Gasteiger partial charge in [-0.25, -0.2) is 0 Å². The number of rotatable bonds is 12. The molecule has 8 aromatic carbocycles. The summed E-state index contributed by atoms with van der Waals surface area (Å²) in [6.07, 6.45) is 0. The van der Waals surface area contributed by atoms with E-state index in [1.54, 1.807) is 0 Å². The molecule has 9 rings (SSSR count). The summed E-state index contributed by atoms with van der Waals surface area (Å²) in [6.45, 7) is 0.156. The standard InChI is InChI=1S/C51H40N2O4/c52-33-54-39-17-11-19-41(31-39)56-49-27-25-37(29-45(49)35-13-3-1-4-14-35)51(47-23-9-7-21-43(47)44-22-8-10-24-48(44)51)38-26-28-50(46(30-38)36-15-5-2-6-16-36)57-42-20-12-18-40(32-42)55-34-53/h1-32H,33-34,52-53H2. The van der Waals surface area contributed by atoms with Gasteiger partial charge in [0.15, 0.2) is 0 Å². The molecule has 6 nitrogen and oxygen atoms in total. The van der Waals surface area contributed by atoms with E-state index in [1.807, 2.05) is 60.7 Å². The van der Waals surface area contributed by atoms with E-state index < -0.39 is 5.41 Å². The van der Waals surface area contributed by atoms with Crippen LogP contribution in [-0.4, -0.2) is 13.5 Å². The zero-order valence-electron chi connectivity index (χ0n) is 31.2. The molecule has 0 amide bonds. The van der Waals surface area contributed by atoms with Crippen molar-refractivity contribution in [3.05, 3.63) is 216 Å². The van der Waals surface area contributed by atoms with E-state index in [0.29, 0.717) is 23.0 Å². The second-order valence-corrected chi connectivity index (χ2v) is 13.8. The number of hydrogen-bond acceptors (Lipinski definition) is 6. The normalized spacial score (nSPS) is 12.3. The lowest BCUT2D eigenvalue weighted by Crippen LogP contribution is -2.28. The first-order valence-corrected chi connectivity index (χ1v) is 19.0. The van der Waals surface area contributed by atoms with Gasteiger partial charge < -0.3 is 18.9 Å². The Morgan fingerprint density at radius 1 is 0.351 bits per heavy atom. The molecule has 0 atom stereocenters. The molecule has 0 saturated carbocycles. The minimum absolute atomic E-state index is 0.0779. The SMILES string of the molecule is NCOc1cccc(Oc2ccc(C3(c4ccc(Oc5cccc(OCN)c5)c(-c5ccccc5)c4)c4ccccc4-c4ccccc43)cc2-c2ccccc2)c1. The van der Waals surface area contributed by atoms with Gasteiger partial charge in [-0.15, -0.1) is 0 Å². The summed E-state index contributed by atoms with van der Waals surface area (Å²) in [4.78, 5) is 0. The highest BCUT2D eigenvalue weighted by Gasteiger charge is 2.46. The first kappa shape index (κ1) is 35.6. The second kappa shape index (κ2) is 15.6. The van der Waals surface area contributed by atoms with Crippen LogP contribution in [0.5, 0.6) is 34.5 Å². The molecule has 57 heavy (non-hydrogen) atoms. The molecule has 0 spiro atoms. The Morgan fingerprint density at radius 3 is 1.19 bits per heavy atom. The molecule has 4 N–H and O–H groups in total. The quantitative estimate of drug-likeness (QED) is 0.121. The van der Waals surface area contributed by atoms with Crippen molar-refractivity contribution in [1.29, 1.82) is 0 Å². The van der Waals surface area contributed by atoms with Crippen molar-refractivity contribution in [2.24, 2.45) is 11.5 Å². The van der Waals surface area contributed by atoms with Gasteiger partial charge in [0, 0.05) is 23.3 Å². The van der Waals surface area contributed by atoms with Crippen molar-refractivity contribution in [1.82, 2.24) is 0 Å². The predicted molar refractivity (Wildman–Crippen MR) is 227 cm³/mol. The fourth-order valence-electron chi connectivity index (χ4n) is 8.12. The molecule has 0 saturated heterocycles. The van der Waals surface area contributed by atoms with Crippen molar-refractivity contribution >= 4 is 0 Å². The summed E-state index contributed by atoms with van der Waals surface area (Å²) in [5.74, 6) is 4.03. The van der Waals surface area contributed by atoms with Crippen LogP contribution in [0.4, 0.5) is 0 Å². The van der Waals surface area contributed by atoms with Gasteiger partial charge in [-0.05, 0) is 93.0 Å². The highest BCUT2D eigenvalue weighted by atomic mass is 16.5. The van der Waals surface area contributed by atoms with Gasteiger partial charge in [0.25, 0.3) is 0 Å². The Hall–Kier alpha value is -7.12. The Balaban J connectivity index is 1.28. The average Bonchev–Trinajstić information content (AvgIpc) is 3.56. The van der Waals surface area contributed by atoms with Crippen molar-refractivity contribution in [2.45, 2.75) is 5.41 Å². The Bertz CT molecular complexity index is 2490. The number of hydrogen-bond donors (Lipinski definition) is 2. The van der Waals surface area contributed by atoms with Crippen LogP contribution in [0.3, 0.4) is 0 Å². The van der Waals surface area contributed by atoms with Gasteiger partial charge in [-0.3, -0.25) is 11.5 Å². The summed E-state index contributed by atoms with van der Waals surface area (Å²) >= 11 is 0. The van der Waals surface area contributed by atoms with Crippen LogP contribution in [0.25, 0.3) is 33.4 Å². The molecule has 0 radical (unpaired) electrons. The van der Waals surface area contributed by atoms with Gasteiger partial charge >= 0.3 is 0 Å². The number of fused-ring (bicyclic) bond motifs is 3. The molecular weight excluding hydrogens is 705 g/mol. The van der Waals surface area contributed by atoms with Gasteiger partial charge in [0.2, 0.25) is 0 Å². The second-order valence-electron chi connectivity index (χ2n) is 13.8. The third kappa shape index (κ3) is 6.67. The molecule has 0 unspecified atom stereocenters. The maximum atomic E-state index is 6.67. The van der Waals surface area contributed by atoms with E-state index in [0.717, 1.165) is 44.9 Å². The van der Waals surface area contributed by atoms with Crippen molar-refractivity contribution < 1.29 is 18.9 Å². The van der Waals surface area contributed by atoms with Crippen molar-refractivity contribution in [2.75, 3.05) is 13.5 Å². The zero-order valence-corrected chi connectivity index (χ0v) is 31.2. The molecule has 0 aliphatic heterocycles. The van der Waals surface area contributed by atoms with E-state index in [2.05, 4.69) is 133 Å². The lowest BCUT2D eigenvalue weighted by molar-refractivity contribution is 0.327. The van der Waals surface area contributed by atoms with Crippen LogP contribution in [0, 0.1) is 0 Å². The molecule has 8 aromatic rings. The fourth-order valence-corrected chi connectivity index (χ4v) is 8.12. The van der Waals surface area contributed by atoms with Crippen LogP contribution in [0.2, 0.25) is 0 Å². The third-order valence-corrected chi connectivity index (χ3v) is 10.5. The molecule has 1 aliphatic rings. The summed E-state index contributed by atoms with van der Waals surface area (Å²) in [7, 11) is 0. The largest absolute Gasteiger partial charge is 0.478 e. The summed E-state index contributed by atoms with van der Waals surface area (Å²) in [5.41, 5.74) is 21.7. The molecule has 0 aromatic heterocycles. The monoisotopic (exact) mass is 744 g/mol. The fraction of sp³-hybridized carbons (Fsp3) is 0.0588. The van der Waals surface area contributed by atoms with Crippen molar-refractivity contribution in [3.8, 4) is 67.9 Å². The first-order chi connectivity index (χ1) is 28.1. The van der Waals surface area contributed by atoms with Crippen molar-refractivity contribution in [3.63, 3.8) is 0 Å². The van der Waals surface area contributed by atoms with Gasteiger partial charge in [0.1, 0.15) is 48.0 Å². The number of nitrogens with two attached hydrogens (primary N) is 2. The molecule has 6 heteroatoms. The van der Waals surface area contributed by atoms with Crippen LogP contribution in [0.15, 0.2) is 194 Å². The topological polar surface area (TPSA) is 89.0 Å². The molecule has 0 bridgehead atoms. The minimum Gasteiger partial charge on any atom is -0.478 e. The number of benzene rings is 8. The van der Waals surface area contributed by atoms with E-state index in [4.69, 9.17) is 30.4 Å². The van der Waals surface area contributed by atoms with E-state index >= 15 is 0 Å². The van der Waals surface area contributed by atoms with Crippen LogP contribution < -0.4 is 30.4 Å². The lowest BCUT2D eigenvalue weighted by Gasteiger charge is -2.35. The first-order valence-electron chi connectivity index (χ1n) is 19.0. The highest BCUT2D eigenvalue weighted by molar-refractivity contribution is 5.88. The molecular formula is C51H40N2O4. The summed E-state index contributed by atoms with van der Waals surface area (Å²) in [6, 6.07) is 66.5. The van der Waals surface area contributed by atoms with E-state index in [1.165, 1.54) is 22.3 Å². The molecule has 1 aliphatic carbocycles. The van der Waals surface area contributed by atoms with Crippen LogP contribution in [0.1, 0.15) is 22.3 Å². The molecule has 0 heterocycles. The Labute approximate surface area is 332 Å². The lowest BCUT2D eigenvalue weighted by atomic mass is 9.67. The molecule has 0 fully saturated rings. The minimum atomic E-state index is -0.707. The predicted octanol–water partition coefficient (Wildman–Crippen LogP) is 11.6. The maximum Gasteiger partial charge on any atom is 0.137 e. The van der Waals surface area contributed by atoms with E-state index in [-0.39, 0.29) is 13.5 Å². The molecule has 278 valence electrons. The average molecular weight is 745 g/mol. The van der Waals surface area contributed by atoms with Gasteiger partial charge in [0.05, 0.1) is 5.41 Å². The smallest absolute Gasteiger partial charge is 0.137 e. The maximum absolute atomic E-state index is 6.67. The Morgan fingerprint density at radius 2 is 0.754 bits per heavy atom. The number of ether oxygens (including phenoxy) is 4. The third-order valence-electron chi connectivity index (χ3n) is 10.5. The van der Waals surface area contributed by atoms with Gasteiger partial charge in [-0.2, -0.15) is 0 Å². The zero-order chi connectivity index (χ0) is 38.6. The van der Waals surface area contributed by atoms with Crippen LogP contribution in [-0.2, 0) is 5.41 Å². The summed E-state index contributed by atoms with van der Waals surface area (Å²) < 4.78 is 24.5. The van der Waals surface area contributed by atoms with E-state index in [9.17, 15) is 0 Å². The summed E-state index contributed by atoms with van der Waals surface area (Å²) in [5, 5.41) is 0. The van der Waals surface area contributed by atoms with Gasteiger partial charge in [-0.1, -0.05) is 133 Å². The highest BCUT2D eigenvalue weighted by Crippen LogP contribution is 2.57.